The van der Waals surface area contributed by atoms with Crippen LogP contribution in [-0.2, 0) is 14.4 Å². The van der Waals surface area contributed by atoms with Crippen LogP contribution in [0.25, 0.3) is 6.08 Å². The van der Waals surface area contributed by atoms with E-state index in [2.05, 4.69) is 4.84 Å². The smallest absolute Gasteiger partial charge is 0.430 e. The van der Waals surface area contributed by atoms with Crippen molar-refractivity contribution in [3.63, 3.8) is 0 Å². The maximum atomic E-state index is 13.3. The fourth-order valence-electron chi connectivity index (χ4n) is 2.41. The number of unbranched alkanes of at least 4 members (excludes halogenated alkanes) is 2. The van der Waals surface area contributed by atoms with Crippen molar-refractivity contribution in [3.05, 3.63) is 43.4 Å². The van der Waals surface area contributed by atoms with Crippen LogP contribution in [0.1, 0.15) is 24.8 Å². The monoisotopic (exact) mass is 443 g/mol. The van der Waals surface area contributed by atoms with Crippen LogP contribution in [-0.4, -0.2) is 36.5 Å². The van der Waals surface area contributed by atoms with E-state index >= 15 is 0 Å². The first kappa shape index (κ1) is 22.1. The number of rotatable bonds is 8. The molecule has 1 heterocycles. The van der Waals surface area contributed by atoms with Crippen molar-refractivity contribution in [2.24, 2.45) is 0 Å². The second kappa shape index (κ2) is 9.33. The molecule has 1 aromatic rings. The van der Waals surface area contributed by atoms with E-state index in [9.17, 15) is 28.1 Å². The molecule has 0 radical (unpaired) electrons. The van der Waals surface area contributed by atoms with Crippen molar-refractivity contribution >= 4 is 35.2 Å². The molecule has 0 saturated heterocycles. The van der Waals surface area contributed by atoms with Gasteiger partial charge in [-0.15, -0.1) is 10.1 Å². The number of alkyl halides is 3. The number of carbonyl (C=O) groups excluding carboxylic acids is 1. The summed E-state index contributed by atoms with van der Waals surface area (Å²) in [6.07, 6.45) is -5.35. The highest BCUT2D eigenvalue weighted by Gasteiger charge is 2.49. The molecule has 0 bridgehead atoms. The Kier molecular flexibility index (Phi) is 7.36. The standard InChI is InChI=1S/C16H14Cl2F3NO6/c17-10-6-9-7-11(14(16(19,20)21)28-13(9)12(18)8-10)15(23)26-4-2-1-3-5-27-22(24)25/h6-8,14H,1-5H2. The first-order valence-corrected chi connectivity index (χ1v) is 8.73. The van der Waals surface area contributed by atoms with Gasteiger partial charge < -0.3 is 14.3 Å². The van der Waals surface area contributed by atoms with Crippen molar-refractivity contribution in [1.29, 1.82) is 0 Å². The van der Waals surface area contributed by atoms with Gasteiger partial charge >= 0.3 is 12.1 Å². The lowest BCUT2D eigenvalue weighted by Gasteiger charge is -2.28. The minimum absolute atomic E-state index is 0.114. The van der Waals surface area contributed by atoms with Crippen LogP contribution >= 0.6 is 23.2 Å². The molecule has 7 nitrogen and oxygen atoms in total. The van der Waals surface area contributed by atoms with Gasteiger partial charge in [0, 0.05) is 10.6 Å². The number of carbonyl (C=O) groups is 1. The predicted octanol–water partition coefficient (Wildman–Crippen LogP) is 4.62. The Morgan fingerprint density at radius 1 is 1.21 bits per heavy atom. The number of fused-ring (bicyclic) bond motifs is 1. The van der Waals surface area contributed by atoms with E-state index in [4.69, 9.17) is 32.7 Å². The largest absolute Gasteiger partial charge is 0.474 e. The highest BCUT2D eigenvalue weighted by molar-refractivity contribution is 6.36. The molecule has 0 fully saturated rings. The summed E-state index contributed by atoms with van der Waals surface area (Å²) >= 11 is 11.7. The fraction of sp³-hybridized carbons (Fsp3) is 0.438. The molecule has 12 heteroatoms. The Labute approximate surface area is 167 Å². The SMILES string of the molecule is O=C(OCCCCCO[N+](=O)[O-])C1=Cc2cc(Cl)cc(Cl)c2OC1C(F)(F)F. The number of benzene rings is 1. The maximum absolute atomic E-state index is 13.3. The zero-order valence-electron chi connectivity index (χ0n) is 14.1. The molecule has 0 spiro atoms. The van der Waals surface area contributed by atoms with E-state index in [1.807, 2.05) is 0 Å². The topological polar surface area (TPSA) is 87.9 Å². The molecular weight excluding hydrogens is 430 g/mol. The first-order valence-electron chi connectivity index (χ1n) is 7.98. The third-order valence-electron chi connectivity index (χ3n) is 3.62. The normalized spacial score (nSPS) is 15.9. The Hall–Kier alpha value is -2.20. The summed E-state index contributed by atoms with van der Waals surface area (Å²) in [6, 6.07) is 2.55. The Balaban J connectivity index is 2.04. The number of ether oxygens (including phenoxy) is 2. The van der Waals surface area contributed by atoms with Gasteiger partial charge in [0.25, 0.3) is 5.09 Å². The summed E-state index contributed by atoms with van der Waals surface area (Å²) in [4.78, 5) is 26.3. The van der Waals surface area contributed by atoms with Gasteiger partial charge in [-0.05, 0) is 37.5 Å². The molecule has 1 unspecified atom stereocenters. The molecule has 1 aromatic carbocycles. The van der Waals surface area contributed by atoms with Crippen molar-refractivity contribution < 1.29 is 37.4 Å². The Morgan fingerprint density at radius 2 is 1.89 bits per heavy atom. The van der Waals surface area contributed by atoms with Gasteiger partial charge in [0.2, 0.25) is 6.10 Å². The Bertz CT molecular complexity index is 784. The van der Waals surface area contributed by atoms with E-state index in [1.165, 1.54) is 12.1 Å². The molecule has 1 aliphatic heterocycles. The predicted molar refractivity (Wildman–Crippen MR) is 92.7 cm³/mol. The van der Waals surface area contributed by atoms with Gasteiger partial charge in [-0.1, -0.05) is 23.2 Å². The van der Waals surface area contributed by atoms with Gasteiger partial charge in [0.1, 0.15) is 5.75 Å². The van der Waals surface area contributed by atoms with Gasteiger partial charge in [-0.3, -0.25) is 0 Å². The molecule has 0 N–H and O–H groups in total. The lowest BCUT2D eigenvalue weighted by Crippen LogP contribution is -2.41. The van der Waals surface area contributed by atoms with Crippen LogP contribution in [0.15, 0.2) is 17.7 Å². The van der Waals surface area contributed by atoms with Gasteiger partial charge in [0.15, 0.2) is 0 Å². The fourth-order valence-corrected chi connectivity index (χ4v) is 2.97. The van der Waals surface area contributed by atoms with Crippen LogP contribution < -0.4 is 4.74 Å². The molecule has 1 atom stereocenters. The van der Waals surface area contributed by atoms with Crippen molar-refractivity contribution in [2.45, 2.75) is 31.5 Å². The molecule has 2 rings (SSSR count). The van der Waals surface area contributed by atoms with Gasteiger partial charge in [-0.2, -0.15) is 13.2 Å². The van der Waals surface area contributed by atoms with Gasteiger partial charge in [0.05, 0.1) is 23.8 Å². The zero-order valence-corrected chi connectivity index (χ0v) is 15.6. The minimum Gasteiger partial charge on any atom is -0.474 e. The molecule has 0 aromatic heterocycles. The number of halogens is 5. The molecule has 28 heavy (non-hydrogen) atoms. The quantitative estimate of drug-likeness (QED) is 0.252. The van der Waals surface area contributed by atoms with E-state index < -0.39 is 28.9 Å². The molecule has 0 saturated carbocycles. The lowest BCUT2D eigenvalue weighted by molar-refractivity contribution is -0.757. The second-order valence-electron chi connectivity index (χ2n) is 5.70. The molecule has 0 aliphatic carbocycles. The first-order chi connectivity index (χ1) is 13.1. The van der Waals surface area contributed by atoms with Crippen molar-refractivity contribution in [1.82, 2.24) is 0 Å². The summed E-state index contributed by atoms with van der Waals surface area (Å²) < 4.78 is 49.8. The number of hydrogen-bond acceptors (Lipinski definition) is 6. The van der Waals surface area contributed by atoms with Crippen molar-refractivity contribution in [3.8, 4) is 5.75 Å². The third-order valence-corrected chi connectivity index (χ3v) is 4.12. The average Bonchev–Trinajstić information content (AvgIpc) is 2.58. The van der Waals surface area contributed by atoms with Crippen LogP contribution in [0.4, 0.5) is 13.2 Å². The lowest BCUT2D eigenvalue weighted by atomic mass is 10.0. The highest BCUT2D eigenvalue weighted by Crippen LogP contribution is 2.42. The summed E-state index contributed by atoms with van der Waals surface area (Å²) in [5.41, 5.74) is -0.600. The number of esters is 1. The van der Waals surface area contributed by atoms with Crippen LogP contribution in [0.2, 0.25) is 10.0 Å². The highest BCUT2D eigenvalue weighted by atomic mass is 35.5. The summed E-state index contributed by atoms with van der Waals surface area (Å²) in [6.45, 7) is -0.281. The Morgan fingerprint density at radius 3 is 2.54 bits per heavy atom. The van der Waals surface area contributed by atoms with E-state index in [0.29, 0.717) is 19.3 Å². The molecular formula is C16H14Cl2F3NO6. The molecule has 1 aliphatic rings. The third kappa shape index (κ3) is 5.90. The molecule has 0 amide bonds. The zero-order chi connectivity index (χ0) is 20.9. The summed E-state index contributed by atoms with van der Waals surface area (Å²) in [7, 11) is 0. The minimum atomic E-state index is -4.87. The van der Waals surface area contributed by atoms with Crippen LogP contribution in [0, 0.1) is 10.1 Å². The van der Waals surface area contributed by atoms with Crippen molar-refractivity contribution in [2.75, 3.05) is 13.2 Å². The van der Waals surface area contributed by atoms with E-state index in [1.54, 1.807) is 0 Å². The van der Waals surface area contributed by atoms with Crippen LogP contribution in [0.5, 0.6) is 5.75 Å². The maximum Gasteiger partial charge on any atom is 0.430 e. The molecule has 154 valence electrons. The summed E-state index contributed by atoms with van der Waals surface area (Å²) in [5.74, 6) is -1.42. The number of hydrogen-bond donors (Lipinski definition) is 0. The average molecular weight is 444 g/mol. The van der Waals surface area contributed by atoms with E-state index in [-0.39, 0.29) is 34.6 Å². The van der Waals surface area contributed by atoms with Crippen LogP contribution in [0.3, 0.4) is 0 Å². The van der Waals surface area contributed by atoms with E-state index in [0.717, 1.165) is 6.08 Å². The summed E-state index contributed by atoms with van der Waals surface area (Å²) in [5, 5.41) is 9.11. The number of nitrogens with zero attached hydrogens (tertiary/aromatic N) is 1. The second-order valence-corrected chi connectivity index (χ2v) is 6.54. The van der Waals surface area contributed by atoms with Gasteiger partial charge in [-0.25, -0.2) is 4.79 Å².